The van der Waals surface area contributed by atoms with Gasteiger partial charge in [-0.05, 0) is 39.5 Å². The van der Waals surface area contributed by atoms with Crippen LogP contribution in [-0.4, -0.2) is 21.9 Å². The number of halogens is 6. The summed E-state index contributed by atoms with van der Waals surface area (Å²) in [5.74, 6) is -0.632. The van der Waals surface area contributed by atoms with Crippen LogP contribution in [0, 0.1) is 0 Å². The summed E-state index contributed by atoms with van der Waals surface area (Å²) in [6.07, 6.45) is -4.78. The quantitative estimate of drug-likeness (QED) is 0.379. The van der Waals surface area contributed by atoms with Crippen LogP contribution in [0.5, 0.6) is 0 Å². The summed E-state index contributed by atoms with van der Waals surface area (Å²) >= 11 is 16.6. The number of alkyl halides is 3. The van der Waals surface area contributed by atoms with E-state index in [1.807, 2.05) is 0 Å². The lowest BCUT2D eigenvalue weighted by molar-refractivity contribution is -0.173. The molecule has 1 aromatic carbocycles. The van der Waals surface area contributed by atoms with Crippen molar-refractivity contribution in [1.82, 2.24) is 9.78 Å². The Morgan fingerprint density at radius 3 is 2.73 bits per heavy atom. The van der Waals surface area contributed by atoms with Gasteiger partial charge in [-0.3, -0.25) is 4.79 Å². The van der Waals surface area contributed by atoms with Gasteiger partial charge < -0.3 is 10.6 Å². The second-order valence-corrected chi connectivity index (χ2v) is 9.07. The summed E-state index contributed by atoms with van der Waals surface area (Å²) in [6, 6.07) is 5.77. The van der Waals surface area contributed by atoms with Gasteiger partial charge in [-0.15, -0.1) is 11.3 Å². The van der Waals surface area contributed by atoms with Gasteiger partial charge in [-0.2, -0.15) is 18.3 Å². The van der Waals surface area contributed by atoms with Crippen molar-refractivity contribution in [3.05, 3.63) is 60.8 Å². The van der Waals surface area contributed by atoms with Gasteiger partial charge in [0, 0.05) is 11.3 Å². The van der Waals surface area contributed by atoms with E-state index in [0.29, 0.717) is 0 Å². The maximum atomic E-state index is 13.8. The lowest BCUT2D eigenvalue weighted by Gasteiger charge is -2.33. The maximum absolute atomic E-state index is 13.8. The highest BCUT2D eigenvalue weighted by atomic mass is 79.9. The summed E-state index contributed by atoms with van der Waals surface area (Å²) in [6.45, 7) is 0. The number of aromatic nitrogens is 2. The normalized spacial score (nSPS) is 18.6. The Balaban J connectivity index is 1.71. The fourth-order valence-electron chi connectivity index (χ4n) is 3.19. The molecule has 1 aliphatic heterocycles. The van der Waals surface area contributed by atoms with Crippen LogP contribution in [0.25, 0.3) is 0 Å². The Morgan fingerprint density at radius 1 is 1.30 bits per heavy atom. The monoisotopic (exact) mass is 538 g/mol. The highest BCUT2D eigenvalue weighted by molar-refractivity contribution is 9.10. The molecule has 3 heterocycles. The Bertz CT molecular complexity index is 1100. The largest absolute Gasteiger partial charge is 0.410 e. The number of rotatable bonds is 3. The molecule has 3 aromatic rings. The molecule has 0 fully saturated rings. The van der Waals surface area contributed by atoms with Gasteiger partial charge in [0.1, 0.15) is 5.82 Å². The number of nitrogens with one attached hydrogen (secondary N) is 2. The van der Waals surface area contributed by atoms with Gasteiger partial charge in [0.05, 0.1) is 26.2 Å². The van der Waals surface area contributed by atoms with Gasteiger partial charge >= 0.3 is 6.18 Å². The van der Waals surface area contributed by atoms with Gasteiger partial charge in [-0.1, -0.05) is 35.3 Å². The van der Waals surface area contributed by atoms with E-state index in [2.05, 4.69) is 31.7 Å². The first-order valence-corrected chi connectivity index (χ1v) is 11.0. The molecule has 0 radical (unpaired) electrons. The summed E-state index contributed by atoms with van der Waals surface area (Å²) in [7, 11) is 0. The number of carbonyl (C=O) groups excluding carboxylic acids is 1. The number of carbonyl (C=O) groups is 1. The molecule has 5 nitrogen and oxygen atoms in total. The van der Waals surface area contributed by atoms with Crippen molar-refractivity contribution in [1.29, 1.82) is 0 Å². The smallest absolute Gasteiger partial charge is 0.362 e. The van der Waals surface area contributed by atoms with Crippen molar-refractivity contribution < 1.29 is 18.0 Å². The Labute approximate surface area is 191 Å². The molecule has 0 saturated carbocycles. The summed E-state index contributed by atoms with van der Waals surface area (Å²) in [4.78, 5) is 13.5. The van der Waals surface area contributed by atoms with Crippen LogP contribution in [0.1, 0.15) is 33.9 Å². The van der Waals surface area contributed by atoms with Crippen molar-refractivity contribution in [3.63, 3.8) is 0 Å². The standard InChI is InChI=1S/C18H12BrCl2F3N4OS/c19-13-15(17(29)26-9-4-1-3-8(20)14(9)21)27-28-12(18(22,23)24)7-10(25-16(13)28)11-5-2-6-30-11/h1-6,10,12,25H,7H2,(H,26,29). The van der Waals surface area contributed by atoms with E-state index < -0.39 is 24.2 Å². The van der Waals surface area contributed by atoms with Gasteiger partial charge in [0.25, 0.3) is 5.91 Å². The topological polar surface area (TPSA) is 59.0 Å². The lowest BCUT2D eigenvalue weighted by atomic mass is 10.0. The molecular formula is C18H12BrCl2F3N4OS. The molecule has 0 spiro atoms. The second kappa shape index (κ2) is 8.07. The third-order valence-electron chi connectivity index (χ3n) is 4.60. The molecule has 2 unspecified atom stereocenters. The number of benzene rings is 1. The SMILES string of the molecule is O=C(Nc1cccc(Cl)c1Cl)c1nn2c(c1Br)NC(c1cccs1)CC2C(F)(F)F. The second-order valence-electron chi connectivity index (χ2n) is 6.52. The van der Waals surface area contributed by atoms with Crippen molar-refractivity contribution in [2.24, 2.45) is 0 Å². The molecule has 30 heavy (non-hydrogen) atoms. The number of anilines is 2. The fraction of sp³-hybridized carbons (Fsp3) is 0.222. The summed E-state index contributed by atoms with van der Waals surface area (Å²) < 4.78 is 42.3. The molecule has 12 heteroatoms. The molecule has 2 atom stereocenters. The average Bonchev–Trinajstić information content (AvgIpc) is 3.32. The number of nitrogens with zero attached hydrogens (tertiary/aromatic N) is 2. The van der Waals surface area contributed by atoms with E-state index in [4.69, 9.17) is 23.2 Å². The zero-order chi connectivity index (χ0) is 21.6. The van der Waals surface area contributed by atoms with Crippen LogP contribution in [0.15, 0.2) is 40.2 Å². The molecular weight excluding hydrogens is 528 g/mol. The number of thiophene rings is 1. The van der Waals surface area contributed by atoms with Gasteiger partial charge in [0.15, 0.2) is 11.7 Å². The van der Waals surface area contributed by atoms with Crippen molar-refractivity contribution in [2.45, 2.75) is 24.7 Å². The summed E-state index contributed by atoms with van der Waals surface area (Å²) in [5, 5.41) is 11.7. The van der Waals surface area contributed by atoms with Crippen LogP contribution in [0.2, 0.25) is 10.0 Å². The third-order valence-corrected chi connectivity index (χ3v) is 7.15. The number of hydrogen-bond acceptors (Lipinski definition) is 4. The zero-order valence-electron chi connectivity index (χ0n) is 14.8. The molecule has 1 amide bonds. The van der Waals surface area contributed by atoms with E-state index in [1.165, 1.54) is 17.4 Å². The van der Waals surface area contributed by atoms with Gasteiger partial charge in [0.2, 0.25) is 0 Å². The van der Waals surface area contributed by atoms with Crippen LogP contribution in [0.4, 0.5) is 24.7 Å². The van der Waals surface area contributed by atoms with Crippen LogP contribution in [0.3, 0.4) is 0 Å². The first-order valence-electron chi connectivity index (χ1n) is 8.57. The van der Waals surface area contributed by atoms with Gasteiger partial charge in [-0.25, -0.2) is 4.68 Å². The molecule has 1 aliphatic rings. The first kappa shape index (κ1) is 21.5. The van der Waals surface area contributed by atoms with Crippen molar-refractivity contribution in [2.75, 3.05) is 10.6 Å². The lowest BCUT2D eigenvalue weighted by Crippen LogP contribution is -2.35. The zero-order valence-corrected chi connectivity index (χ0v) is 18.7. The molecule has 4 rings (SSSR count). The predicted molar refractivity (Wildman–Crippen MR) is 115 cm³/mol. The van der Waals surface area contributed by atoms with Crippen molar-refractivity contribution in [3.8, 4) is 0 Å². The molecule has 0 bridgehead atoms. The Kier molecular flexibility index (Phi) is 5.78. The Morgan fingerprint density at radius 2 is 2.07 bits per heavy atom. The van der Waals surface area contributed by atoms with Crippen LogP contribution in [-0.2, 0) is 0 Å². The minimum absolute atomic E-state index is 0.0873. The fourth-order valence-corrected chi connectivity index (χ4v) is 4.89. The van der Waals surface area contributed by atoms with Crippen LogP contribution < -0.4 is 10.6 Å². The first-order chi connectivity index (χ1) is 14.2. The van der Waals surface area contributed by atoms with E-state index >= 15 is 0 Å². The molecule has 2 aromatic heterocycles. The molecule has 158 valence electrons. The summed E-state index contributed by atoms with van der Waals surface area (Å²) in [5.41, 5.74) is 0.0263. The van der Waals surface area contributed by atoms with Crippen molar-refractivity contribution >= 4 is 67.9 Å². The number of hydrogen-bond donors (Lipinski definition) is 2. The highest BCUT2D eigenvalue weighted by Gasteiger charge is 2.48. The maximum Gasteiger partial charge on any atom is 0.410 e. The number of fused-ring (bicyclic) bond motifs is 1. The van der Waals surface area contributed by atoms with E-state index in [0.717, 1.165) is 9.56 Å². The minimum atomic E-state index is -4.54. The highest BCUT2D eigenvalue weighted by Crippen LogP contribution is 2.47. The minimum Gasteiger partial charge on any atom is -0.362 e. The Hall–Kier alpha value is -1.75. The predicted octanol–water partition coefficient (Wildman–Crippen LogP) is 6.93. The molecule has 2 N–H and O–H groups in total. The van der Waals surface area contributed by atoms with Crippen LogP contribution >= 0.6 is 50.5 Å². The van der Waals surface area contributed by atoms with E-state index in [-0.39, 0.29) is 38.1 Å². The molecule has 0 aliphatic carbocycles. The molecule has 0 saturated heterocycles. The average molecular weight is 540 g/mol. The van der Waals surface area contributed by atoms with E-state index in [1.54, 1.807) is 29.6 Å². The third kappa shape index (κ3) is 3.93. The van der Waals surface area contributed by atoms with E-state index in [9.17, 15) is 18.0 Å². The number of amides is 1.